The molecule has 1 aromatic carbocycles. The van der Waals surface area contributed by atoms with Gasteiger partial charge in [-0.15, -0.1) is 0 Å². The monoisotopic (exact) mass is 461 g/mol. The Morgan fingerprint density at radius 1 is 1.22 bits per heavy atom. The first-order valence-electron chi connectivity index (χ1n) is 10.6. The standard InChI is InChI=1S/C23H35N3O5Si/c1-16-11-17(13-19(21(27)29-5)24-22(28)31-23(2,3)4)12-18-14-26(25-20(16)18)15-30-9-10-32(6,7)8/h11-14H,9-10,15H2,1-8H3,(H,24,28)/b19-13-. The summed E-state index contributed by atoms with van der Waals surface area (Å²) in [5.41, 5.74) is 1.83. The number of aromatic nitrogens is 2. The second-order valence-electron chi connectivity index (χ2n) is 9.97. The molecule has 1 N–H and O–H groups in total. The highest BCUT2D eigenvalue weighted by molar-refractivity contribution is 6.76. The van der Waals surface area contributed by atoms with E-state index in [4.69, 9.17) is 14.2 Å². The van der Waals surface area contributed by atoms with Gasteiger partial charge in [0.1, 0.15) is 18.0 Å². The number of methoxy groups -OCH3 is 1. The summed E-state index contributed by atoms with van der Waals surface area (Å²) in [4.78, 5) is 24.3. The Kier molecular flexibility index (Phi) is 8.25. The molecule has 9 heteroatoms. The zero-order valence-corrected chi connectivity index (χ0v) is 21.4. The van der Waals surface area contributed by atoms with E-state index in [2.05, 4.69) is 30.1 Å². The van der Waals surface area contributed by atoms with Crippen LogP contribution in [0.3, 0.4) is 0 Å². The van der Waals surface area contributed by atoms with E-state index in [0.717, 1.165) is 34.7 Å². The van der Waals surface area contributed by atoms with Crippen molar-refractivity contribution in [2.24, 2.45) is 0 Å². The molecule has 0 aliphatic carbocycles. The third kappa shape index (κ3) is 8.12. The summed E-state index contributed by atoms with van der Waals surface area (Å²) in [7, 11) is 0.123. The lowest BCUT2D eigenvalue weighted by Crippen LogP contribution is -2.34. The summed E-state index contributed by atoms with van der Waals surface area (Å²) < 4.78 is 17.6. The van der Waals surface area contributed by atoms with Crippen molar-refractivity contribution in [1.82, 2.24) is 15.1 Å². The van der Waals surface area contributed by atoms with E-state index in [0.29, 0.717) is 6.73 Å². The smallest absolute Gasteiger partial charge is 0.412 e. The molecule has 1 amide bonds. The second kappa shape index (κ2) is 10.3. The number of esters is 1. The molecule has 0 spiro atoms. The molecule has 0 saturated carbocycles. The first-order chi connectivity index (χ1) is 14.8. The van der Waals surface area contributed by atoms with Gasteiger partial charge in [-0.05, 0) is 63.1 Å². The van der Waals surface area contributed by atoms with Gasteiger partial charge in [-0.2, -0.15) is 5.10 Å². The number of hydrogen-bond acceptors (Lipinski definition) is 6. The van der Waals surface area contributed by atoms with E-state index >= 15 is 0 Å². The molecule has 0 aliphatic rings. The summed E-state index contributed by atoms with van der Waals surface area (Å²) in [6.07, 6.45) is 2.74. The zero-order valence-electron chi connectivity index (χ0n) is 20.4. The highest BCUT2D eigenvalue weighted by atomic mass is 28.3. The van der Waals surface area contributed by atoms with Gasteiger partial charge >= 0.3 is 12.1 Å². The van der Waals surface area contributed by atoms with E-state index < -0.39 is 25.7 Å². The van der Waals surface area contributed by atoms with Gasteiger partial charge in [0.25, 0.3) is 0 Å². The van der Waals surface area contributed by atoms with E-state index in [1.165, 1.54) is 7.11 Å². The molecule has 0 radical (unpaired) electrons. The Morgan fingerprint density at radius 2 is 1.91 bits per heavy atom. The molecule has 32 heavy (non-hydrogen) atoms. The lowest BCUT2D eigenvalue weighted by molar-refractivity contribution is -0.136. The van der Waals surface area contributed by atoms with Crippen molar-refractivity contribution in [3.8, 4) is 0 Å². The quantitative estimate of drug-likeness (QED) is 0.265. The predicted octanol–water partition coefficient (Wildman–Crippen LogP) is 4.70. The first-order valence-corrected chi connectivity index (χ1v) is 14.3. The molecule has 0 fully saturated rings. The van der Waals surface area contributed by atoms with Crippen molar-refractivity contribution in [1.29, 1.82) is 0 Å². The summed E-state index contributed by atoms with van der Waals surface area (Å²) >= 11 is 0. The number of amides is 1. The van der Waals surface area contributed by atoms with Gasteiger partial charge in [0, 0.05) is 26.3 Å². The minimum atomic E-state index is -1.13. The van der Waals surface area contributed by atoms with E-state index in [9.17, 15) is 9.59 Å². The summed E-state index contributed by atoms with van der Waals surface area (Å²) in [5, 5.41) is 8.00. The summed E-state index contributed by atoms with van der Waals surface area (Å²) in [6, 6.07) is 4.89. The summed E-state index contributed by atoms with van der Waals surface area (Å²) in [5.74, 6) is -0.667. The number of ether oxygens (including phenoxy) is 3. The number of hydrogen-bond donors (Lipinski definition) is 1. The van der Waals surface area contributed by atoms with Gasteiger partial charge in [-0.1, -0.05) is 19.6 Å². The lowest BCUT2D eigenvalue weighted by Gasteiger charge is -2.20. The van der Waals surface area contributed by atoms with Gasteiger partial charge in [-0.25, -0.2) is 14.3 Å². The van der Waals surface area contributed by atoms with Crippen molar-refractivity contribution in [3.63, 3.8) is 0 Å². The number of aryl methyl sites for hydroxylation is 1. The highest BCUT2D eigenvalue weighted by Gasteiger charge is 2.20. The van der Waals surface area contributed by atoms with Crippen molar-refractivity contribution in [2.75, 3.05) is 13.7 Å². The molecule has 8 nitrogen and oxygen atoms in total. The molecular weight excluding hydrogens is 426 g/mol. The molecule has 2 rings (SSSR count). The van der Waals surface area contributed by atoms with Crippen LogP contribution in [0.2, 0.25) is 25.7 Å². The van der Waals surface area contributed by atoms with Crippen LogP contribution in [0.1, 0.15) is 31.9 Å². The van der Waals surface area contributed by atoms with Crippen molar-refractivity contribution < 1.29 is 23.8 Å². The van der Waals surface area contributed by atoms with Crippen molar-refractivity contribution >= 4 is 37.1 Å². The van der Waals surface area contributed by atoms with Crippen molar-refractivity contribution in [3.05, 3.63) is 35.2 Å². The van der Waals surface area contributed by atoms with E-state index in [-0.39, 0.29) is 5.70 Å². The van der Waals surface area contributed by atoms with Crippen LogP contribution in [0.25, 0.3) is 17.0 Å². The van der Waals surface area contributed by atoms with Crippen LogP contribution in [-0.2, 0) is 25.7 Å². The van der Waals surface area contributed by atoms with Crippen molar-refractivity contribution in [2.45, 2.75) is 65.7 Å². The fraction of sp³-hybridized carbons (Fsp3) is 0.522. The first kappa shape index (κ1) is 25.6. The van der Waals surface area contributed by atoms with E-state index in [1.807, 2.05) is 25.3 Å². The van der Waals surface area contributed by atoms with Gasteiger partial charge in [0.15, 0.2) is 0 Å². The fourth-order valence-electron chi connectivity index (χ4n) is 2.91. The Morgan fingerprint density at radius 3 is 2.50 bits per heavy atom. The van der Waals surface area contributed by atoms with Crippen LogP contribution in [-0.4, -0.2) is 49.2 Å². The number of rotatable bonds is 8. The average Bonchev–Trinajstić information content (AvgIpc) is 3.05. The van der Waals surface area contributed by atoms with Crippen LogP contribution in [0.5, 0.6) is 0 Å². The normalized spacial score (nSPS) is 12.7. The molecule has 0 saturated heterocycles. The molecule has 0 unspecified atom stereocenters. The third-order valence-corrected chi connectivity index (χ3v) is 6.14. The molecule has 2 aromatic rings. The largest absolute Gasteiger partial charge is 0.464 e. The number of alkyl carbamates (subject to hydrolysis) is 1. The van der Waals surface area contributed by atoms with Crippen LogP contribution in [0.4, 0.5) is 4.79 Å². The molecule has 0 aliphatic heterocycles. The lowest BCUT2D eigenvalue weighted by atomic mass is 10.1. The Labute approximate surface area is 190 Å². The fourth-order valence-corrected chi connectivity index (χ4v) is 3.67. The Hall–Kier alpha value is -2.65. The van der Waals surface area contributed by atoms with Gasteiger partial charge in [0.05, 0.1) is 12.6 Å². The topological polar surface area (TPSA) is 91.7 Å². The maximum atomic E-state index is 12.2. The molecule has 1 aromatic heterocycles. The zero-order chi connectivity index (χ0) is 24.1. The number of benzene rings is 1. The molecule has 176 valence electrons. The minimum Gasteiger partial charge on any atom is -0.464 e. The number of nitrogens with zero attached hydrogens (tertiary/aromatic N) is 2. The maximum Gasteiger partial charge on any atom is 0.412 e. The number of carbonyl (C=O) groups excluding carboxylic acids is 2. The van der Waals surface area contributed by atoms with Crippen LogP contribution in [0.15, 0.2) is 24.0 Å². The van der Waals surface area contributed by atoms with Gasteiger partial charge in [-0.3, -0.25) is 5.32 Å². The Bertz CT molecular complexity index is 999. The van der Waals surface area contributed by atoms with E-state index in [1.54, 1.807) is 31.5 Å². The number of fused-ring (bicyclic) bond motifs is 1. The maximum absolute atomic E-state index is 12.2. The highest BCUT2D eigenvalue weighted by Crippen LogP contribution is 2.21. The predicted molar refractivity (Wildman–Crippen MR) is 128 cm³/mol. The SMILES string of the molecule is COC(=O)/C(=C/c1cc(C)c2nn(COCC[Si](C)(C)C)cc2c1)NC(=O)OC(C)(C)C. The third-order valence-electron chi connectivity index (χ3n) is 4.44. The molecule has 0 bridgehead atoms. The van der Waals surface area contributed by atoms with Gasteiger partial charge in [0.2, 0.25) is 0 Å². The second-order valence-corrected chi connectivity index (χ2v) is 15.6. The number of nitrogens with one attached hydrogen (secondary N) is 1. The van der Waals surface area contributed by atoms with Crippen LogP contribution < -0.4 is 5.32 Å². The van der Waals surface area contributed by atoms with Gasteiger partial charge < -0.3 is 14.2 Å². The average molecular weight is 462 g/mol. The Balaban J connectivity index is 2.23. The molecular formula is C23H35N3O5Si. The number of carbonyl (C=O) groups is 2. The molecule has 0 atom stereocenters. The summed E-state index contributed by atoms with van der Waals surface area (Å²) in [6.45, 7) is 15.2. The van der Waals surface area contributed by atoms with Crippen LogP contribution >= 0.6 is 0 Å². The minimum absolute atomic E-state index is 0.0115. The molecule has 1 heterocycles. The van der Waals surface area contributed by atoms with Crippen LogP contribution in [0, 0.1) is 6.92 Å².